The van der Waals surface area contributed by atoms with Crippen LogP contribution >= 0.6 is 0 Å². The van der Waals surface area contributed by atoms with Crippen LogP contribution in [-0.2, 0) is 27.8 Å². The topological polar surface area (TPSA) is 100 Å². The molecule has 3 aromatic rings. The number of hydrogen-bond acceptors (Lipinski definition) is 6. The number of hydrogen-bond donors (Lipinski definition) is 1. The zero-order chi connectivity index (χ0) is 24.8. The molecule has 0 unspecified atom stereocenters. The lowest BCUT2D eigenvalue weighted by Crippen LogP contribution is -2.48. The molecule has 0 atom stereocenters. The van der Waals surface area contributed by atoms with Crippen LogP contribution in [0.25, 0.3) is 11.3 Å². The molecule has 0 aliphatic carbocycles. The van der Waals surface area contributed by atoms with E-state index in [0.29, 0.717) is 31.9 Å². The lowest BCUT2D eigenvalue weighted by Gasteiger charge is -2.34. The normalized spacial score (nSPS) is 15.3. The number of carbonyl (C=O) groups is 1. The van der Waals surface area contributed by atoms with Crippen molar-refractivity contribution in [2.45, 2.75) is 38.1 Å². The van der Waals surface area contributed by atoms with Crippen LogP contribution in [0.3, 0.4) is 0 Å². The van der Waals surface area contributed by atoms with Crippen molar-refractivity contribution in [1.82, 2.24) is 24.2 Å². The van der Waals surface area contributed by atoms with E-state index in [-0.39, 0.29) is 10.8 Å². The first-order valence-corrected chi connectivity index (χ1v) is 13.4. The Hall–Kier alpha value is -3.08. The summed E-state index contributed by atoms with van der Waals surface area (Å²) in [5, 5.41) is 11.2. The smallest absolute Gasteiger partial charge is 0.243 e. The molecule has 0 radical (unpaired) electrons. The highest BCUT2D eigenvalue weighted by Gasteiger charge is 2.28. The second-order valence-electron chi connectivity index (χ2n) is 8.72. The maximum Gasteiger partial charge on any atom is 0.243 e. The molecule has 186 valence electrons. The number of carbonyl (C=O) groups excluding carboxylic acids is 1. The molecular formula is C25H32N6O3S. The molecule has 1 N–H and O–H groups in total. The summed E-state index contributed by atoms with van der Waals surface area (Å²) in [6.07, 6.45) is 3.90. The van der Waals surface area contributed by atoms with Gasteiger partial charge < -0.3 is 10.2 Å². The highest BCUT2D eigenvalue weighted by molar-refractivity contribution is 7.89. The predicted octanol–water partition coefficient (Wildman–Crippen LogP) is 2.86. The summed E-state index contributed by atoms with van der Waals surface area (Å²) in [7, 11) is -3.55. The minimum atomic E-state index is -3.55. The average Bonchev–Trinajstić information content (AvgIpc) is 3.33. The van der Waals surface area contributed by atoms with Crippen molar-refractivity contribution < 1.29 is 13.2 Å². The van der Waals surface area contributed by atoms with Gasteiger partial charge in [-0.3, -0.25) is 9.48 Å². The maximum absolute atomic E-state index is 13.0. The standard InChI is InChI=1S/C25H32N6O3S/c1-3-21-5-7-22(8-6-21)25-19-30(28-27-25)14-4-13-29-15-17-31(18-16-29)35(33,34)24-11-9-23(10-12-24)26-20(2)32/h5-12,19H,3-4,13-18H2,1-2H3,(H,26,32). The molecule has 2 heterocycles. The summed E-state index contributed by atoms with van der Waals surface area (Å²) in [6, 6.07) is 14.7. The molecule has 9 nitrogen and oxygen atoms in total. The van der Waals surface area contributed by atoms with Crippen molar-refractivity contribution in [3.63, 3.8) is 0 Å². The van der Waals surface area contributed by atoms with E-state index < -0.39 is 10.0 Å². The number of nitrogens with one attached hydrogen (secondary N) is 1. The third-order valence-corrected chi connectivity index (χ3v) is 8.11. The van der Waals surface area contributed by atoms with Gasteiger partial charge in [0.15, 0.2) is 0 Å². The number of benzene rings is 2. The third-order valence-electron chi connectivity index (χ3n) is 6.20. The molecule has 0 spiro atoms. The molecule has 1 amide bonds. The summed E-state index contributed by atoms with van der Waals surface area (Å²) in [4.78, 5) is 13.7. The van der Waals surface area contributed by atoms with E-state index in [0.717, 1.165) is 37.2 Å². The lowest BCUT2D eigenvalue weighted by molar-refractivity contribution is -0.114. The zero-order valence-corrected chi connectivity index (χ0v) is 21.0. The Bertz CT molecular complexity index is 1230. The summed E-state index contributed by atoms with van der Waals surface area (Å²) >= 11 is 0. The van der Waals surface area contributed by atoms with Crippen molar-refractivity contribution >= 4 is 21.6 Å². The summed E-state index contributed by atoms with van der Waals surface area (Å²) in [6.45, 7) is 7.48. The molecule has 35 heavy (non-hydrogen) atoms. The van der Waals surface area contributed by atoms with Crippen molar-refractivity contribution in [2.75, 3.05) is 38.0 Å². The average molecular weight is 497 g/mol. The highest BCUT2D eigenvalue weighted by Crippen LogP contribution is 2.20. The van der Waals surface area contributed by atoms with Gasteiger partial charge >= 0.3 is 0 Å². The zero-order valence-electron chi connectivity index (χ0n) is 20.2. The van der Waals surface area contributed by atoms with Crippen molar-refractivity contribution in [2.24, 2.45) is 0 Å². The number of aromatic nitrogens is 3. The van der Waals surface area contributed by atoms with Gasteiger partial charge in [0.2, 0.25) is 15.9 Å². The first-order chi connectivity index (χ1) is 16.8. The van der Waals surface area contributed by atoms with Crippen LogP contribution in [0.1, 0.15) is 25.8 Å². The summed E-state index contributed by atoms with van der Waals surface area (Å²) < 4.78 is 29.4. The number of rotatable bonds is 9. The van der Waals surface area contributed by atoms with Gasteiger partial charge in [-0.25, -0.2) is 8.42 Å². The Morgan fingerprint density at radius 2 is 1.66 bits per heavy atom. The molecular weight excluding hydrogens is 464 g/mol. The first-order valence-electron chi connectivity index (χ1n) is 11.9. The molecule has 1 aromatic heterocycles. The van der Waals surface area contributed by atoms with Gasteiger partial charge in [0.25, 0.3) is 0 Å². The summed E-state index contributed by atoms with van der Waals surface area (Å²) in [5.41, 5.74) is 3.82. The number of anilines is 1. The van der Waals surface area contributed by atoms with Gasteiger partial charge in [0, 0.05) is 57.4 Å². The van der Waals surface area contributed by atoms with Gasteiger partial charge in [-0.1, -0.05) is 36.4 Å². The van der Waals surface area contributed by atoms with Crippen LogP contribution in [-0.4, -0.2) is 71.2 Å². The van der Waals surface area contributed by atoms with E-state index in [1.807, 2.05) is 10.9 Å². The number of aryl methyl sites for hydroxylation is 2. The highest BCUT2D eigenvalue weighted by atomic mass is 32.2. The number of sulfonamides is 1. The molecule has 0 bridgehead atoms. The number of nitrogens with zero attached hydrogens (tertiary/aromatic N) is 5. The second kappa shape index (κ2) is 11.1. The van der Waals surface area contributed by atoms with Crippen molar-refractivity contribution in [3.8, 4) is 11.3 Å². The van der Waals surface area contributed by atoms with E-state index in [9.17, 15) is 13.2 Å². The number of piperazine rings is 1. The Morgan fingerprint density at radius 1 is 0.971 bits per heavy atom. The van der Waals surface area contributed by atoms with Crippen molar-refractivity contribution in [3.05, 3.63) is 60.3 Å². The molecule has 1 saturated heterocycles. The molecule has 4 rings (SSSR count). The molecule has 1 aliphatic heterocycles. The number of amides is 1. The van der Waals surface area contributed by atoms with Crippen LogP contribution in [0.4, 0.5) is 5.69 Å². The fourth-order valence-electron chi connectivity index (χ4n) is 4.16. The van der Waals surface area contributed by atoms with Gasteiger partial charge in [0.05, 0.1) is 11.1 Å². The van der Waals surface area contributed by atoms with Crippen LogP contribution in [0, 0.1) is 0 Å². The SMILES string of the molecule is CCc1ccc(-c2cn(CCCN3CCN(S(=O)(=O)c4ccc(NC(C)=O)cc4)CC3)nn2)cc1. The van der Waals surface area contributed by atoms with Gasteiger partial charge in [-0.2, -0.15) is 4.31 Å². The van der Waals surface area contributed by atoms with Gasteiger partial charge in [-0.15, -0.1) is 5.10 Å². The van der Waals surface area contributed by atoms with E-state index in [1.54, 1.807) is 12.1 Å². The Kier molecular flexibility index (Phi) is 7.94. The molecule has 2 aromatic carbocycles. The largest absolute Gasteiger partial charge is 0.326 e. The predicted molar refractivity (Wildman–Crippen MR) is 135 cm³/mol. The Balaban J connectivity index is 1.23. The van der Waals surface area contributed by atoms with Crippen LogP contribution in [0.2, 0.25) is 0 Å². The van der Waals surface area contributed by atoms with Crippen LogP contribution in [0.5, 0.6) is 0 Å². The quantitative estimate of drug-likeness (QED) is 0.489. The second-order valence-corrected chi connectivity index (χ2v) is 10.7. The van der Waals surface area contributed by atoms with E-state index in [4.69, 9.17) is 0 Å². The first kappa shape index (κ1) is 25.0. The molecule has 1 aliphatic rings. The monoisotopic (exact) mass is 496 g/mol. The molecule has 10 heteroatoms. The fourth-order valence-corrected chi connectivity index (χ4v) is 5.59. The summed E-state index contributed by atoms with van der Waals surface area (Å²) in [5.74, 6) is -0.192. The Morgan fingerprint density at radius 3 is 2.29 bits per heavy atom. The van der Waals surface area contributed by atoms with Gasteiger partial charge in [-0.05, 0) is 42.7 Å². The minimum Gasteiger partial charge on any atom is -0.326 e. The Labute approximate surface area is 206 Å². The van der Waals surface area contributed by atoms with Gasteiger partial charge in [0.1, 0.15) is 5.69 Å². The third kappa shape index (κ3) is 6.33. The molecule has 1 fully saturated rings. The van der Waals surface area contributed by atoms with E-state index >= 15 is 0 Å². The lowest BCUT2D eigenvalue weighted by atomic mass is 10.1. The van der Waals surface area contributed by atoms with Crippen molar-refractivity contribution in [1.29, 1.82) is 0 Å². The van der Waals surface area contributed by atoms with E-state index in [1.165, 1.54) is 28.9 Å². The van der Waals surface area contributed by atoms with Crippen LogP contribution < -0.4 is 5.32 Å². The fraction of sp³-hybridized carbons (Fsp3) is 0.400. The maximum atomic E-state index is 13.0. The minimum absolute atomic E-state index is 0.192. The molecule has 0 saturated carbocycles. The van der Waals surface area contributed by atoms with Crippen LogP contribution in [0.15, 0.2) is 59.6 Å². The van der Waals surface area contributed by atoms with E-state index in [2.05, 4.69) is 51.7 Å².